The van der Waals surface area contributed by atoms with Gasteiger partial charge in [0.15, 0.2) is 16.3 Å². The van der Waals surface area contributed by atoms with E-state index in [0.29, 0.717) is 61.1 Å². The van der Waals surface area contributed by atoms with Crippen LogP contribution in [0.2, 0.25) is 0 Å². The molecule has 4 aromatic rings. The number of nitrogens with zero attached hydrogens (tertiary/aromatic N) is 2. The van der Waals surface area contributed by atoms with Gasteiger partial charge < -0.3 is 18.9 Å². The first kappa shape index (κ1) is 30.5. The van der Waals surface area contributed by atoms with E-state index in [9.17, 15) is 14.0 Å². The van der Waals surface area contributed by atoms with E-state index in [2.05, 4.69) is 11.6 Å². The van der Waals surface area contributed by atoms with Crippen molar-refractivity contribution in [1.29, 1.82) is 0 Å². The molecule has 0 fully saturated rings. The summed E-state index contributed by atoms with van der Waals surface area (Å²) in [5, 5.41) is 0. The Morgan fingerprint density at radius 2 is 1.86 bits per heavy atom. The number of hydrogen-bond donors (Lipinski definition) is 0. The van der Waals surface area contributed by atoms with Crippen molar-refractivity contribution in [3.05, 3.63) is 133 Å². The molecule has 3 aromatic carbocycles. The predicted molar refractivity (Wildman–Crippen MR) is 166 cm³/mol. The van der Waals surface area contributed by atoms with Crippen LogP contribution >= 0.6 is 11.3 Å². The van der Waals surface area contributed by atoms with Crippen LogP contribution in [0.25, 0.3) is 6.08 Å². The number of methoxy groups -OCH3 is 1. The molecule has 1 atom stereocenters. The molecule has 44 heavy (non-hydrogen) atoms. The maximum Gasteiger partial charge on any atom is 0.338 e. The molecule has 5 rings (SSSR count). The molecule has 10 heteroatoms. The molecular formula is C34H31FN2O6S. The number of carbonyl (C=O) groups is 1. The SMILES string of the molecule is C=CCOc1ccc([C@H]2C(C(=O)OCC)=C(C)N=c3s/c(=C\c4ccc(OCc5ccccc5F)c(OC)c4)c(=O)n32)cc1. The minimum Gasteiger partial charge on any atom is -0.493 e. The highest BCUT2D eigenvalue weighted by Gasteiger charge is 2.33. The maximum atomic E-state index is 14.1. The van der Waals surface area contributed by atoms with Crippen molar-refractivity contribution in [2.75, 3.05) is 20.3 Å². The number of esters is 1. The normalized spacial score (nSPS) is 14.5. The molecule has 0 N–H and O–H groups in total. The second-order valence-corrected chi connectivity index (χ2v) is 10.8. The Labute approximate surface area is 257 Å². The zero-order valence-electron chi connectivity index (χ0n) is 24.5. The molecule has 0 saturated heterocycles. The van der Waals surface area contributed by atoms with Gasteiger partial charge in [-0.25, -0.2) is 14.2 Å². The summed E-state index contributed by atoms with van der Waals surface area (Å²) >= 11 is 1.22. The van der Waals surface area contributed by atoms with Crippen molar-refractivity contribution < 1.29 is 28.1 Å². The lowest BCUT2D eigenvalue weighted by molar-refractivity contribution is -0.139. The fourth-order valence-electron chi connectivity index (χ4n) is 4.82. The summed E-state index contributed by atoms with van der Waals surface area (Å²) in [4.78, 5) is 32.2. The first-order valence-electron chi connectivity index (χ1n) is 13.9. The number of thiazole rings is 1. The van der Waals surface area contributed by atoms with Crippen molar-refractivity contribution >= 4 is 23.4 Å². The molecule has 0 aliphatic carbocycles. The van der Waals surface area contributed by atoms with Gasteiger partial charge in [0.25, 0.3) is 5.56 Å². The summed E-state index contributed by atoms with van der Waals surface area (Å²) in [5.74, 6) is 0.616. The summed E-state index contributed by atoms with van der Waals surface area (Å²) < 4.78 is 38.3. The van der Waals surface area contributed by atoms with E-state index < -0.39 is 12.0 Å². The monoisotopic (exact) mass is 614 g/mol. The van der Waals surface area contributed by atoms with Crippen LogP contribution < -0.4 is 29.1 Å². The molecule has 0 saturated carbocycles. The minimum atomic E-state index is -0.746. The van der Waals surface area contributed by atoms with Crippen LogP contribution in [0.3, 0.4) is 0 Å². The summed E-state index contributed by atoms with van der Waals surface area (Å²) in [6.07, 6.45) is 3.39. The Morgan fingerprint density at radius 3 is 2.57 bits per heavy atom. The predicted octanol–water partition coefficient (Wildman–Crippen LogP) is 5.09. The molecule has 1 aliphatic heterocycles. The number of ether oxygens (including phenoxy) is 4. The molecule has 1 aliphatic rings. The van der Waals surface area contributed by atoms with Gasteiger partial charge in [-0.2, -0.15) is 0 Å². The van der Waals surface area contributed by atoms with Gasteiger partial charge in [-0.3, -0.25) is 9.36 Å². The van der Waals surface area contributed by atoms with Crippen molar-refractivity contribution in [2.45, 2.75) is 26.5 Å². The molecule has 0 unspecified atom stereocenters. The number of fused-ring (bicyclic) bond motifs is 1. The highest BCUT2D eigenvalue weighted by atomic mass is 32.1. The summed E-state index contributed by atoms with van der Waals surface area (Å²) in [6.45, 7) is 7.70. The van der Waals surface area contributed by atoms with Gasteiger partial charge in [0, 0.05) is 5.56 Å². The molecule has 0 amide bonds. The van der Waals surface area contributed by atoms with E-state index in [4.69, 9.17) is 18.9 Å². The third-order valence-corrected chi connectivity index (χ3v) is 7.89. The quantitative estimate of drug-likeness (QED) is 0.173. The van der Waals surface area contributed by atoms with E-state index in [1.165, 1.54) is 29.1 Å². The fourth-order valence-corrected chi connectivity index (χ4v) is 5.87. The van der Waals surface area contributed by atoms with Crippen LogP contribution in [0, 0.1) is 5.82 Å². The molecule has 226 valence electrons. The summed E-state index contributed by atoms with van der Waals surface area (Å²) in [5.41, 5.74) is 2.28. The largest absolute Gasteiger partial charge is 0.493 e. The Bertz CT molecular complexity index is 1910. The second-order valence-electron chi connectivity index (χ2n) is 9.76. The van der Waals surface area contributed by atoms with Crippen molar-refractivity contribution in [3.8, 4) is 17.2 Å². The average Bonchev–Trinajstić information content (AvgIpc) is 3.33. The summed E-state index contributed by atoms with van der Waals surface area (Å²) in [7, 11) is 1.51. The summed E-state index contributed by atoms with van der Waals surface area (Å²) in [6, 6.07) is 18.1. The molecule has 1 aromatic heterocycles. The lowest BCUT2D eigenvalue weighted by atomic mass is 9.96. The lowest BCUT2D eigenvalue weighted by Gasteiger charge is -2.24. The number of rotatable bonds is 11. The molecule has 2 heterocycles. The zero-order valence-corrected chi connectivity index (χ0v) is 25.4. The number of halogens is 1. The average molecular weight is 615 g/mol. The Hall–Kier alpha value is -4.96. The van der Waals surface area contributed by atoms with E-state index in [1.807, 2.05) is 12.1 Å². The standard InChI is InChI=1S/C34H31FN2O6S/c1-5-17-42-25-14-12-23(13-15-25)31-30(33(39)41-6-2)21(3)36-34-37(31)32(38)29(44-34)19-22-11-16-27(28(18-22)40-4)43-20-24-9-7-8-10-26(24)35/h5,7-16,18-19,31H,1,6,17,20H2,2-4H3/b29-19-/t31-/m0/s1. The smallest absolute Gasteiger partial charge is 0.338 e. The Kier molecular flexibility index (Phi) is 9.40. The molecule has 0 radical (unpaired) electrons. The number of carbonyl (C=O) groups excluding carboxylic acids is 1. The van der Waals surface area contributed by atoms with Crippen LogP contribution in [-0.4, -0.2) is 30.9 Å². The molecule has 0 bridgehead atoms. The van der Waals surface area contributed by atoms with Crippen LogP contribution in [0.4, 0.5) is 4.39 Å². The van der Waals surface area contributed by atoms with Crippen LogP contribution in [-0.2, 0) is 16.1 Å². The topological polar surface area (TPSA) is 88.4 Å². The van der Waals surface area contributed by atoms with Crippen LogP contribution in [0.15, 0.2) is 100 Å². The Morgan fingerprint density at radius 1 is 1.09 bits per heavy atom. The highest BCUT2D eigenvalue weighted by Crippen LogP contribution is 2.32. The first-order chi connectivity index (χ1) is 21.3. The molecule has 0 spiro atoms. The number of allylic oxidation sites excluding steroid dienone is 1. The van der Waals surface area contributed by atoms with Gasteiger partial charge in [0.1, 0.15) is 24.8 Å². The Balaban J connectivity index is 1.53. The second kappa shape index (κ2) is 13.6. The van der Waals surface area contributed by atoms with Gasteiger partial charge in [-0.15, -0.1) is 0 Å². The fraction of sp³-hybridized carbons (Fsp3) is 0.206. The van der Waals surface area contributed by atoms with Crippen LogP contribution in [0.5, 0.6) is 17.2 Å². The maximum absolute atomic E-state index is 14.1. The molecule has 8 nitrogen and oxygen atoms in total. The zero-order chi connectivity index (χ0) is 31.2. The first-order valence-corrected chi connectivity index (χ1v) is 14.7. The van der Waals surface area contributed by atoms with Crippen molar-refractivity contribution in [2.24, 2.45) is 4.99 Å². The van der Waals surface area contributed by atoms with Gasteiger partial charge in [0.2, 0.25) is 0 Å². The lowest BCUT2D eigenvalue weighted by Crippen LogP contribution is -2.39. The van der Waals surface area contributed by atoms with E-state index in [0.717, 1.165) is 0 Å². The van der Waals surface area contributed by atoms with Crippen molar-refractivity contribution in [1.82, 2.24) is 4.57 Å². The third-order valence-electron chi connectivity index (χ3n) is 6.91. The van der Waals surface area contributed by atoms with E-state index in [-0.39, 0.29) is 24.6 Å². The number of hydrogen-bond acceptors (Lipinski definition) is 8. The number of benzene rings is 3. The van der Waals surface area contributed by atoms with Gasteiger partial charge in [-0.05, 0) is 61.4 Å². The van der Waals surface area contributed by atoms with Gasteiger partial charge in [-0.1, -0.05) is 60.4 Å². The van der Waals surface area contributed by atoms with E-state index in [1.54, 1.807) is 74.5 Å². The third kappa shape index (κ3) is 6.35. The number of aromatic nitrogens is 1. The van der Waals surface area contributed by atoms with Gasteiger partial charge in [0.05, 0.1) is 35.6 Å². The van der Waals surface area contributed by atoms with E-state index >= 15 is 0 Å². The molecular weight excluding hydrogens is 583 g/mol. The van der Waals surface area contributed by atoms with Crippen LogP contribution in [0.1, 0.15) is 36.6 Å². The minimum absolute atomic E-state index is 0.0322. The van der Waals surface area contributed by atoms with Gasteiger partial charge >= 0.3 is 5.97 Å². The highest BCUT2D eigenvalue weighted by molar-refractivity contribution is 7.07. The van der Waals surface area contributed by atoms with Crippen molar-refractivity contribution in [3.63, 3.8) is 0 Å².